The smallest absolute Gasteiger partial charge is 0.0463 e. The highest BCUT2D eigenvalue weighted by atomic mass is 14.7. The second-order valence-electron chi connectivity index (χ2n) is 4.17. The molecule has 0 aromatic carbocycles. The van der Waals surface area contributed by atoms with Gasteiger partial charge < -0.3 is 0 Å². The Morgan fingerprint density at radius 3 is 2.21 bits per heavy atom. The Balaban J connectivity index is 3.13. The van der Waals surface area contributed by atoms with E-state index >= 15 is 0 Å². The predicted molar refractivity (Wildman–Crippen MR) is 63.5 cm³/mol. The summed E-state index contributed by atoms with van der Waals surface area (Å²) in [7, 11) is 0. The lowest BCUT2D eigenvalue weighted by Crippen LogP contribution is -2.02. The van der Waals surface area contributed by atoms with Crippen molar-refractivity contribution in [1.82, 2.24) is 0 Å². The van der Waals surface area contributed by atoms with Gasteiger partial charge in [-0.05, 0) is 23.5 Å². The Bertz CT molecular complexity index is 271. The summed E-state index contributed by atoms with van der Waals surface area (Å²) < 4.78 is 0. The minimum absolute atomic E-state index is 0.486. The molecular formula is C13H19N. The van der Waals surface area contributed by atoms with Crippen molar-refractivity contribution in [2.75, 3.05) is 0 Å². The summed E-state index contributed by atoms with van der Waals surface area (Å²) in [5.74, 6) is 1.02. The molecule has 0 amide bonds. The van der Waals surface area contributed by atoms with Gasteiger partial charge in [0.1, 0.15) is 0 Å². The van der Waals surface area contributed by atoms with E-state index in [1.807, 2.05) is 18.4 Å². The first-order valence-corrected chi connectivity index (χ1v) is 5.24. The third-order valence-corrected chi connectivity index (χ3v) is 2.26. The molecule has 0 unspecified atom stereocenters. The third kappa shape index (κ3) is 2.69. The maximum Gasteiger partial charge on any atom is 0.0463 e. The number of hydrogen-bond acceptors (Lipinski definition) is 1. The Kier molecular flexibility index (Phi) is 3.87. The minimum atomic E-state index is 0.486. The molecule has 76 valence electrons. The van der Waals surface area contributed by atoms with Gasteiger partial charge in [-0.3, -0.25) is 4.99 Å². The molecule has 0 aromatic rings. The van der Waals surface area contributed by atoms with Crippen molar-refractivity contribution in [3.8, 4) is 0 Å². The van der Waals surface area contributed by atoms with E-state index in [-0.39, 0.29) is 0 Å². The van der Waals surface area contributed by atoms with Crippen LogP contribution in [0.5, 0.6) is 0 Å². The maximum absolute atomic E-state index is 4.50. The lowest BCUT2D eigenvalue weighted by molar-refractivity contribution is 0.699. The molecule has 1 nitrogen and oxygen atoms in total. The van der Waals surface area contributed by atoms with Crippen LogP contribution in [0.4, 0.5) is 0 Å². The second-order valence-corrected chi connectivity index (χ2v) is 4.17. The minimum Gasteiger partial charge on any atom is -0.261 e. The van der Waals surface area contributed by atoms with Gasteiger partial charge in [-0.15, -0.1) is 0 Å². The van der Waals surface area contributed by atoms with Crippen LogP contribution in [0.1, 0.15) is 27.7 Å². The number of allylic oxidation sites excluding steroid dienone is 6. The van der Waals surface area contributed by atoms with Crippen molar-refractivity contribution in [3.05, 3.63) is 35.6 Å². The Labute approximate surface area is 86.9 Å². The highest BCUT2D eigenvalue weighted by molar-refractivity contribution is 5.73. The van der Waals surface area contributed by atoms with Crippen molar-refractivity contribution in [2.24, 2.45) is 16.8 Å². The summed E-state index contributed by atoms with van der Waals surface area (Å²) in [4.78, 5) is 4.50. The molecule has 0 saturated carbocycles. The molecule has 1 aliphatic rings. The molecule has 0 aliphatic carbocycles. The van der Waals surface area contributed by atoms with E-state index in [4.69, 9.17) is 0 Å². The van der Waals surface area contributed by atoms with E-state index in [0.717, 1.165) is 0 Å². The molecule has 14 heavy (non-hydrogen) atoms. The summed E-state index contributed by atoms with van der Waals surface area (Å²) in [5.41, 5.74) is 2.56. The van der Waals surface area contributed by atoms with Crippen LogP contribution in [0.15, 0.2) is 40.6 Å². The molecule has 0 radical (unpaired) electrons. The van der Waals surface area contributed by atoms with Gasteiger partial charge in [-0.1, -0.05) is 45.9 Å². The highest BCUT2D eigenvalue weighted by Gasteiger charge is 2.10. The van der Waals surface area contributed by atoms with Gasteiger partial charge in [0.15, 0.2) is 0 Å². The lowest BCUT2D eigenvalue weighted by Gasteiger charge is -2.15. The first-order chi connectivity index (χ1) is 6.63. The SMILES string of the molecule is CC(C)C1=C(C(C)C)/N=C/C=C/C=C\1. The molecule has 1 heteroatoms. The zero-order chi connectivity index (χ0) is 10.6. The average Bonchev–Trinajstić information content (AvgIpc) is 2.01. The van der Waals surface area contributed by atoms with E-state index in [0.29, 0.717) is 11.8 Å². The Morgan fingerprint density at radius 2 is 1.64 bits per heavy atom. The topological polar surface area (TPSA) is 12.4 Å². The fraction of sp³-hybridized carbons (Fsp3) is 0.462. The zero-order valence-electron chi connectivity index (χ0n) is 9.49. The molecule has 1 aliphatic heterocycles. The van der Waals surface area contributed by atoms with E-state index in [1.165, 1.54) is 11.3 Å². The van der Waals surface area contributed by atoms with Crippen LogP contribution in [0, 0.1) is 11.8 Å². The summed E-state index contributed by atoms with van der Waals surface area (Å²) in [5, 5.41) is 0. The maximum atomic E-state index is 4.50. The van der Waals surface area contributed by atoms with Crippen molar-refractivity contribution < 1.29 is 0 Å². The first-order valence-electron chi connectivity index (χ1n) is 5.24. The van der Waals surface area contributed by atoms with Gasteiger partial charge >= 0.3 is 0 Å². The molecule has 0 saturated heterocycles. The molecule has 0 atom stereocenters. The molecule has 0 spiro atoms. The summed E-state index contributed by atoms with van der Waals surface area (Å²) in [6, 6.07) is 0. The summed E-state index contributed by atoms with van der Waals surface area (Å²) >= 11 is 0. The fourth-order valence-electron chi connectivity index (χ4n) is 1.53. The van der Waals surface area contributed by atoms with Crippen LogP contribution < -0.4 is 0 Å². The molecule has 0 N–H and O–H groups in total. The van der Waals surface area contributed by atoms with E-state index in [9.17, 15) is 0 Å². The van der Waals surface area contributed by atoms with Crippen LogP contribution in [0.25, 0.3) is 0 Å². The predicted octanol–water partition coefficient (Wildman–Crippen LogP) is 3.75. The largest absolute Gasteiger partial charge is 0.261 e. The van der Waals surface area contributed by atoms with Crippen molar-refractivity contribution in [3.63, 3.8) is 0 Å². The van der Waals surface area contributed by atoms with Crippen LogP contribution in [-0.2, 0) is 0 Å². The quantitative estimate of drug-likeness (QED) is 0.627. The first kappa shape index (κ1) is 11.0. The molecule has 0 aromatic heterocycles. The van der Waals surface area contributed by atoms with Crippen LogP contribution >= 0.6 is 0 Å². The Morgan fingerprint density at radius 1 is 0.929 bits per heavy atom. The summed E-state index contributed by atoms with van der Waals surface area (Å²) in [6.07, 6.45) is 10.1. The van der Waals surface area contributed by atoms with Gasteiger partial charge in [0.05, 0.1) is 0 Å². The molecule has 0 bridgehead atoms. The van der Waals surface area contributed by atoms with Gasteiger partial charge in [-0.2, -0.15) is 0 Å². The van der Waals surface area contributed by atoms with Crippen molar-refractivity contribution >= 4 is 6.21 Å². The average molecular weight is 189 g/mol. The standard InChI is InChI=1S/C13H19N/c1-10(2)12-8-6-5-7-9-14-13(12)11(3)4/h5-11H,1-4H3/b6-5?,7-5+,8-6-,9-7?,12-8?,13-12+,14-9+,14-13?. The van der Waals surface area contributed by atoms with Gasteiger partial charge in [0.2, 0.25) is 0 Å². The van der Waals surface area contributed by atoms with Crippen molar-refractivity contribution in [2.45, 2.75) is 27.7 Å². The van der Waals surface area contributed by atoms with Gasteiger partial charge in [0.25, 0.3) is 0 Å². The van der Waals surface area contributed by atoms with Crippen LogP contribution in [0.3, 0.4) is 0 Å². The Hall–Kier alpha value is -1.11. The summed E-state index contributed by atoms with van der Waals surface area (Å²) in [6.45, 7) is 8.80. The highest BCUT2D eigenvalue weighted by Crippen LogP contribution is 2.24. The van der Waals surface area contributed by atoms with E-state index < -0.39 is 0 Å². The van der Waals surface area contributed by atoms with Gasteiger partial charge in [0, 0.05) is 11.9 Å². The van der Waals surface area contributed by atoms with Crippen LogP contribution in [0.2, 0.25) is 0 Å². The number of nitrogens with zero attached hydrogens (tertiary/aromatic N) is 1. The fourth-order valence-corrected chi connectivity index (χ4v) is 1.53. The third-order valence-electron chi connectivity index (χ3n) is 2.26. The lowest BCUT2D eigenvalue weighted by atomic mass is 9.95. The zero-order valence-corrected chi connectivity index (χ0v) is 9.49. The molecule has 1 rings (SSSR count). The second kappa shape index (κ2) is 4.94. The monoisotopic (exact) mass is 189 g/mol. The van der Waals surface area contributed by atoms with E-state index in [2.05, 4.69) is 44.8 Å². The molecule has 1 heterocycles. The number of rotatable bonds is 2. The van der Waals surface area contributed by atoms with Gasteiger partial charge in [-0.25, -0.2) is 0 Å². The molecular weight excluding hydrogens is 170 g/mol. The van der Waals surface area contributed by atoms with E-state index in [1.54, 1.807) is 0 Å². The van der Waals surface area contributed by atoms with Crippen LogP contribution in [-0.4, -0.2) is 6.21 Å². The molecule has 0 fully saturated rings. The number of aliphatic imine (C=N–C) groups is 1. The van der Waals surface area contributed by atoms with Crippen molar-refractivity contribution in [1.29, 1.82) is 0 Å². The normalized spacial score (nSPS) is 28.7. The number of hydrogen-bond donors (Lipinski definition) is 0.